The molecule has 6 nitrogen and oxygen atoms in total. The number of nitrogens with zero attached hydrogens (tertiary/aromatic N) is 2. The van der Waals surface area contributed by atoms with E-state index < -0.39 is 6.04 Å². The average Bonchev–Trinajstić information content (AvgIpc) is 3.30. The third-order valence-corrected chi connectivity index (χ3v) is 5.19. The Labute approximate surface area is 188 Å². The number of carbonyl (C=O) groups excluding carboxylic acids is 1. The highest BCUT2D eigenvalue weighted by Crippen LogP contribution is 2.27. The van der Waals surface area contributed by atoms with Gasteiger partial charge in [0.2, 0.25) is 0 Å². The minimum atomic E-state index is -0.568. The van der Waals surface area contributed by atoms with Gasteiger partial charge in [0.15, 0.2) is 6.04 Å². The van der Waals surface area contributed by atoms with Crippen LogP contribution in [0, 0.1) is 0 Å². The van der Waals surface area contributed by atoms with Crippen molar-refractivity contribution >= 4 is 17.5 Å². The Morgan fingerprint density at radius 3 is 2.31 bits per heavy atom. The van der Waals surface area contributed by atoms with Crippen LogP contribution in [-0.4, -0.2) is 38.1 Å². The first-order valence-electron chi connectivity index (χ1n) is 10.6. The molecule has 6 heteroatoms. The molecule has 1 unspecified atom stereocenters. The highest BCUT2D eigenvalue weighted by molar-refractivity contribution is 6.13. The fraction of sp³-hybridized carbons (Fsp3) is 0.231. The summed E-state index contributed by atoms with van der Waals surface area (Å²) in [6.45, 7) is 3.06. The molecular formula is C26H26N2O4. The van der Waals surface area contributed by atoms with E-state index in [1.807, 2.05) is 83.8 Å². The van der Waals surface area contributed by atoms with E-state index in [9.17, 15) is 4.79 Å². The van der Waals surface area contributed by atoms with Crippen LogP contribution in [0.5, 0.6) is 11.5 Å². The van der Waals surface area contributed by atoms with Gasteiger partial charge in [0.05, 0.1) is 20.3 Å². The van der Waals surface area contributed by atoms with E-state index in [0.29, 0.717) is 19.8 Å². The Kier molecular flexibility index (Phi) is 6.70. The van der Waals surface area contributed by atoms with Gasteiger partial charge >= 0.3 is 5.97 Å². The maximum Gasteiger partial charge on any atom is 0.332 e. The molecule has 0 saturated heterocycles. The zero-order chi connectivity index (χ0) is 22.3. The van der Waals surface area contributed by atoms with Crippen LogP contribution in [0.3, 0.4) is 0 Å². The summed E-state index contributed by atoms with van der Waals surface area (Å²) in [5, 5.41) is 0. The number of rotatable bonds is 8. The zero-order valence-electron chi connectivity index (χ0n) is 18.2. The van der Waals surface area contributed by atoms with Crippen LogP contribution in [0.25, 0.3) is 0 Å². The second kappa shape index (κ2) is 10.0. The zero-order valence-corrected chi connectivity index (χ0v) is 18.2. The standard InChI is InChI=1S/C26H26N2O4/c1-3-31-26(29)24-17-28(25(27-24)20-9-13-22(30-2)14-10-20)21-11-15-23(16-12-21)32-18-19-7-5-4-6-8-19/h4-16,24H,3,17-18H2,1-2H3. The molecule has 0 amide bonds. The van der Waals surface area contributed by atoms with E-state index >= 15 is 0 Å². The van der Waals surface area contributed by atoms with Gasteiger partial charge in [-0.25, -0.2) is 4.79 Å². The van der Waals surface area contributed by atoms with Crippen molar-refractivity contribution in [2.75, 3.05) is 25.2 Å². The van der Waals surface area contributed by atoms with Crippen molar-refractivity contribution in [1.82, 2.24) is 0 Å². The summed E-state index contributed by atoms with van der Waals surface area (Å²) in [5.74, 6) is 1.95. The van der Waals surface area contributed by atoms with Crippen molar-refractivity contribution in [3.05, 3.63) is 90.0 Å². The smallest absolute Gasteiger partial charge is 0.332 e. The third kappa shape index (κ3) is 4.91. The van der Waals surface area contributed by atoms with Gasteiger partial charge in [-0.1, -0.05) is 30.3 Å². The third-order valence-electron chi connectivity index (χ3n) is 5.19. The topological polar surface area (TPSA) is 60.4 Å². The van der Waals surface area contributed by atoms with Crippen molar-refractivity contribution in [1.29, 1.82) is 0 Å². The first kappa shape index (κ1) is 21.4. The second-order valence-electron chi connectivity index (χ2n) is 7.33. The summed E-state index contributed by atoms with van der Waals surface area (Å²) in [4.78, 5) is 19.1. The number of hydrogen-bond donors (Lipinski definition) is 0. The van der Waals surface area contributed by atoms with Gasteiger partial charge in [-0.3, -0.25) is 4.99 Å². The molecule has 4 rings (SSSR count). The van der Waals surface area contributed by atoms with Gasteiger partial charge in [-0.2, -0.15) is 0 Å². The van der Waals surface area contributed by atoms with E-state index in [1.165, 1.54) is 0 Å². The normalized spacial score (nSPS) is 15.2. The molecular weight excluding hydrogens is 404 g/mol. The summed E-state index contributed by atoms with van der Waals surface area (Å²) in [7, 11) is 1.63. The number of anilines is 1. The molecule has 0 radical (unpaired) electrons. The Morgan fingerprint density at radius 1 is 0.969 bits per heavy atom. The molecule has 0 saturated carbocycles. The summed E-state index contributed by atoms with van der Waals surface area (Å²) in [6, 6.07) is 24.9. The summed E-state index contributed by atoms with van der Waals surface area (Å²) < 4.78 is 16.4. The molecule has 0 fully saturated rings. The van der Waals surface area contributed by atoms with Crippen LogP contribution in [0.4, 0.5) is 5.69 Å². The maximum atomic E-state index is 12.4. The van der Waals surface area contributed by atoms with E-state index in [-0.39, 0.29) is 5.97 Å². The second-order valence-corrected chi connectivity index (χ2v) is 7.33. The largest absolute Gasteiger partial charge is 0.497 e. The Bertz CT molecular complexity index is 1060. The fourth-order valence-electron chi connectivity index (χ4n) is 3.54. The van der Waals surface area contributed by atoms with Crippen LogP contribution in [0.1, 0.15) is 18.1 Å². The molecule has 32 heavy (non-hydrogen) atoms. The first-order valence-corrected chi connectivity index (χ1v) is 10.6. The van der Waals surface area contributed by atoms with Gasteiger partial charge < -0.3 is 19.1 Å². The molecule has 0 bridgehead atoms. The fourth-order valence-corrected chi connectivity index (χ4v) is 3.54. The van der Waals surface area contributed by atoms with Crippen molar-refractivity contribution < 1.29 is 19.0 Å². The van der Waals surface area contributed by atoms with E-state index in [4.69, 9.17) is 14.2 Å². The van der Waals surface area contributed by atoms with E-state index in [0.717, 1.165) is 34.1 Å². The van der Waals surface area contributed by atoms with Gasteiger partial charge in [-0.05, 0) is 61.0 Å². The number of ether oxygens (including phenoxy) is 3. The highest BCUT2D eigenvalue weighted by Gasteiger charge is 2.32. The van der Waals surface area contributed by atoms with E-state index in [1.54, 1.807) is 14.0 Å². The number of carbonyl (C=O) groups is 1. The number of amidine groups is 1. The number of methoxy groups -OCH3 is 1. The lowest BCUT2D eigenvalue weighted by Gasteiger charge is -2.21. The predicted octanol–water partition coefficient (Wildman–Crippen LogP) is 4.47. The number of benzene rings is 3. The van der Waals surface area contributed by atoms with Gasteiger partial charge in [0, 0.05) is 11.3 Å². The molecule has 0 aromatic heterocycles. The molecule has 0 N–H and O–H groups in total. The van der Waals surface area contributed by atoms with Gasteiger partial charge in [0.25, 0.3) is 0 Å². The average molecular weight is 431 g/mol. The molecule has 1 aliphatic rings. The molecule has 0 spiro atoms. The van der Waals surface area contributed by atoms with Crippen LogP contribution < -0.4 is 14.4 Å². The van der Waals surface area contributed by atoms with Crippen molar-refractivity contribution in [2.45, 2.75) is 19.6 Å². The van der Waals surface area contributed by atoms with Gasteiger partial charge in [-0.15, -0.1) is 0 Å². The summed E-state index contributed by atoms with van der Waals surface area (Å²) in [5.41, 5.74) is 2.95. The molecule has 1 aliphatic heterocycles. The molecule has 0 aliphatic carbocycles. The lowest BCUT2D eigenvalue weighted by Crippen LogP contribution is -2.32. The predicted molar refractivity (Wildman–Crippen MR) is 125 cm³/mol. The number of hydrogen-bond acceptors (Lipinski definition) is 6. The highest BCUT2D eigenvalue weighted by atomic mass is 16.5. The minimum Gasteiger partial charge on any atom is -0.497 e. The Morgan fingerprint density at radius 2 is 1.66 bits per heavy atom. The quantitative estimate of drug-likeness (QED) is 0.494. The molecule has 1 atom stereocenters. The Hall–Kier alpha value is -3.80. The van der Waals surface area contributed by atoms with Crippen LogP contribution in [0.2, 0.25) is 0 Å². The molecule has 3 aromatic carbocycles. The first-order chi connectivity index (χ1) is 15.7. The number of esters is 1. The Balaban J connectivity index is 1.54. The SMILES string of the molecule is CCOC(=O)C1CN(c2ccc(OCc3ccccc3)cc2)C(c2ccc(OC)cc2)=N1. The van der Waals surface area contributed by atoms with Crippen molar-refractivity contribution in [2.24, 2.45) is 4.99 Å². The van der Waals surface area contributed by atoms with Crippen LogP contribution in [-0.2, 0) is 16.1 Å². The monoisotopic (exact) mass is 430 g/mol. The lowest BCUT2D eigenvalue weighted by molar-refractivity contribution is -0.144. The van der Waals surface area contributed by atoms with E-state index in [2.05, 4.69) is 4.99 Å². The minimum absolute atomic E-state index is 0.316. The lowest BCUT2D eigenvalue weighted by atomic mass is 10.1. The molecule has 1 heterocycles. The maximum absolute atomic E-state index is 12.4. The van der Waals surface area contributed by atoms with Crippen LogP contribution in [0.15, 0.2) is 83.9 Å². The molecule has 3 aromatic rings. The number of aliphatic imine (C=N–C) groups is 1. The summed E-state index contributed by atoms with van der Waals surface area (Å²) in [6.07, 6.45) is 0. The molecule has 164 valence electrons. The van der Waals surface area contributed by atoms with Crippen molar-refractivity contribution in [3.63, 3.8) is 0 Å². The van der Waals surface area contributed by atoms with Crippen LogP contribution >= 0.6 is 0 Å². The van der Waals surface area contributed by atoms with Gasteiger partial charge in [0.1, 0.15) is 23.9 Å². The van der Waals surface area contributed by atoms with Crippen molar-refractivity contribution in [3.8, 4) is 11.5 Å². The summed E-state index contributed by atoms with van der Waals surface area (Å²) >= 11 is 0.